The van der Waals surface area contributed by atoms with Crippen molar-refractivity contribution in [3.05, 3.63) is 158 Å². The Kier molecular flexibility index (Phi) is 65.6. The van der Waals surface area contributed by atoms with Gasteiger partial charge in [0.15, 0.2) is 6.10 Å². The highest BCUT2D eigenvalue weighted by atomic mass is 31.2. The number of phosphoric ester groups is 1. The van der Waals surface area contributed by atoms with E-state index in [4.69, 9.17) is 18.5 Å². The van der Waals surface area contributed by atoms with Crippen molar-refractivity contribution in [1.29, 1.82) is 0 Å². The zero-order valence-electron chi connectivity index (χ0n) is 58.3. The molecule has 512 valence electrons. The topological polar surface area (TPSA) is 108 Å². The second kappa shape index (κ2) is 69.0. The van der Waals surface area contributed by atoms with Gasteiger partial charge in [0.2, 0.25) is 0 Å². The van der Waals surface area contributed by atoms with Crippen molar-refractivity contribution < 1.29 is 42.1 Å². The molecule has 0 bridgehead atoms. The van der Waals surface area contributed by atoms with E-state index < -0.39 is 26.5 Å². The number of phosphoric acid groups is 1. The van der Waals surface area contributed by atoms with Crippen LogP contribution in [0, 0.1) is 0 Å². The molecule has 0 aliphatic rings. The molecule has 0 aromatic heterocycles. The van der Waals surface area contributed by atoms with Gasteiger partial charge in [0.05, 0.1) is 27.7 Å². The molecule has 10 heteroatoms. The van der Waals surface area contributed by atoms with Crippen molar-refractivity contribution in [1.82, 2.24) is 0 Å². The fourth-order valence-electron chi connectivity index (χ4n) is 9.59. The highest BCUT2D eigenvalue weighted by Crippen LogP contribution is 2.43. The number of carbonyl (C=O) groups excluding carboxylic acids is 2. The Labute approximate surface area is 554 Å². The van der Waals surface area contributed by atoms with Gasteiger partial charge in [0, 0.05) is 12.8 Å². The lowest BCUT2D eigenvalue weighted by atomic mass is 10.0. The van der Waals surface area contributed by atoms with Gasteiger partial charge in [-0.15, -0.1) is 0 Å². The molecular weight excluding hydrogens is 1130 g/mol. The van der Waals surface area contributed by atoms with Gasteiger partial charge in [-0.3, -0.25) is 18.6 Å². The number of rotatable bonds is 65. The van der Waals surface area contributed by atoms with Gasteiger partial charge in [-0.2, -0.15) is 0 Å². The summed E-state index contributed by atoms with van der Waals surface area (Å²) in [4.78, 5) is 35.9. The first-order valence-electron chi connectivity index (χ1n) is 36.2. The summed E-state index contributed by atoms with van der Waals surface area (Å²) >= 11 is 0. The quantitative estimate of drug-likeness (QED) is 0.0211. The Morgan fingerprint density at radius 1 is 0.344 bits per heavy atom. The summed E-state index contributed by atoms with van der Waals surface area (Å²) in [6.07, 6.45) is 104. The molecule has 0 saturated heterocycles. The van der Waals surface area contributed by atoms with Crippen LogP contribution in [0.1, 0.15) is 284 Å². The summed E-state index contributed by atoms with van der Waals surface area (Å²) in [5, 5.41) is 0. The number of hydrogen-bond acceptors (Lipinski definition) is 7. The molecule has 0 aromatic rings. The zero-order valence-corrected chi connectivity index (χ0v) is 59.2. The number of quaternary nitrogens is 1. The molecule has 0 heterocycles. The van der Waals surface area contributed by atoms with Crippen LogP contribution in [0.3, 0.4) is 0 Å². The molecule has 2 atom stereocenters. The lowest BCUT2D eigenvalue weighted by Gasteiger charge is -2.24. The van der Waals surface area contributed by atoms with Gasteiger partial charge < -0.3 is 18.9 Å². The van der Waals surface area contributed by atoms with Gasteiger partial charge in [0.1, 0.15) is 19.8 Å². The van der Waals surface area contributed by atoms with Crippen LogP contribution in [-0.4, -0.2) is 74.9 Å². The minimum Gasteiger partial charge on any atom is -0.462 e. The van der Waals surface area contributed by atoms with E-state index in [-0.39, 0.29) is 32.0 Å². The summed E-state index contributed by atoms with van der Waals surface area (Å²) in [7, 11) is 1.45. The van der Waals surface area contributed by atoms with E-state index in [1.165, 1.54) is 116 Å². The number of likely N-dealkylation sites (N-methyl/N-ethyl adjacent to an activating group) is 1. The van der Waals surface area contributed by atoms with Gasteiger partial charge in [-0.1, -0.05) is 307 Å². The molecule has 0 amide bonds. The van der Waals surface area contributed by atoms with Crippen LogP contribution >= 0.6 is 7.82 Å². The van der Waals surface area contributed by atoms with E-state index in [1.54, 1.807) is 0 Å². The SMILES string of the molecule is CC/C=C\C/C=C\C/C=C\C/C=C\C/C=C\C/C=C\C/C=C\C/C=C\C/C=C\CCCCCCCC(=O)OC(COC(=O)CCCCCCCCCCCCCCCCCCCCCC/C=C\C/C=C\C/C=C\C/C=C\CC)COP(=O)(O)OCC[N+](C)(C)C. The number of nitrogens with zero attached hydrogens (tertiary/aromatic N) is 1. The molecule has 1 N–H and O–H groups in total. The average Bonchev–Trinajstić information content (AvgIpc) is 3.58. The summed E-state index contributed by atoms with van der Waals surface area (Å²) in [5.74, 6) is -0.821. The fraction of sp³-hybridized carbons (Fsp3) is 0.650. The summed E-state index contributed by atoms with van der Waals surface area (Å²) in [6.45, 7) is 4.19. The third-order valence-corrected chi connectivity index (χ3v) is 16.0. The average molecular weight is 1270 g/mol. The van der Waals surface area contributed by atoms with E-state index in [0.717, 1.165) is 135 Å². The first kappa shape index (κ1) is 85.6. The van der Waals surface area contributed by atoms with Gasteiger partial charge >= 0.3 is 19.8 Å². The number of esters is 2. The Hall–Kier alpha value is -4.37. The predicted octanol–water partition coefficient (Wildman–Crippen LogP) is 23.9. The molecule has 0 aliphatic carbocycles. The Bertz CT molecular complexity index is 2080. The van der Waals surface area contributed by atoms with Gasteiger partial charge in [-0.05, 0) is 122 Å². The van der Waals surface area contributed by atoms with E-state index in [9.17, 15) is 19.0 Å². The van der Waals surface area contributed by atoms with Crippen molar-refractivity contribution in [2.45, 2.75) is 290 Å². The number of ether oxygens (including phenoxy) is 2. The Morgan fingerprint density at radius 3 is 0.889 bits per heavy atom. The number of carbonyl (C=O) groups is 2. The summed E-state index contributed by atoms with van der Waals surface area (Å²) in [5.41, 5.74) is 0. The van der Waals surface area contributed by atoms with Crippen molar-refractivity contribution in [3.8, 4) is 0 Å². The second-order valence-corrected chi connectivity index (χ2v) is 26.3. The molecule has 0 rings (SSSR count). The third-order valence-electron chi connectivity index (χ3n) is 15.1. The van der Waals surface area contributed by atoms with E-state index in [1.807, 2.05) is 21.1 Å². The molecule has 2 unspecified atom stereocenters. The van der Waals surface area contributed by atoms with Crippen LogP contribution in [0.4, 0.5) is 0 Å². The molecular formula is C80H135NO8P+. The number of hydrogen-bond donors (Lipinski definition) is 1. The van der Waals surface area contributed by atoms with E-state index >= 15 is 0 Å². The van der Waals surface area contributed by atoms with Gasteiger partial charge in [-0.25, -0.2) is 4.57 Å². The molecule has 0 radical (unpaired) electrons. The largest absolute Gasteiger partial charge is 0.472 e. The Balaban J connectivity index is 4.11. The highest BCUT2D eigenvalue weighted by Gasteiger charge is 2.27. The molecule has 90 heavy (non-hydrogen) atoms. The first-order chi connectivity index (χ1) is 44.0. The third kappa shape index (κ3) is 72.7. The van der Waals surface area contributed by atoms with Crippen LogP contribution in [-0.2, 0) is 32.7 Å². The maximum absolute atomic E-state index is 12.9. The molecule has 0 saturated carbocycles. The van der Waals surface area contributed by atoms with Crippen LogP contribution < -0.4 is 0 Å². The monoisotopic (exact) mass is 1270 g/mol. The van der Waals surface area contributed by atoms with Crippen LogP contribution in [0.15, 0.2) is 158 Å². The summed E-state index contributed by atoms with van der Waals surface area (Å²) in [6, 6.07) is 0. The molecule has 9 nitrogen and oxygen atoms in total. The molecule has 0 spiro atoms. The van der Waals surface area contributed by atoms with Crippen molar-refractivity contribution in [2.24, 2.45) is 0 Å². The van der Waals surface area contributed by atoms with Crippen molar-refractivity contribution in [2.75, 3.05) is 47.5 Å². The Morgan fingerprint density at radius 2 is 0.600 bits per heavy atom. The minimum absolute atomic E-state index is 0.0206. The van der Waals surface area contributed by atoms with Gasteiger partial charge in [0.25, 0.3) is 0 Å². The first-order valence-corrected chi connectivity index (χ1v) is 37.7. The van der Waals surface area contributed by atoms with Crippen LogP contribution in [0.5, 0.6) is 0 Å². The lowest BCUT2D eigenvalue weighted by molar-refractivity contribution is -0.870. The smallest absolute Gasteiger partial charge is 0.462 e. The van der Waals surface area contributed by atoms with Crippen molar-refractivity contribution >= 4 is 19.8 Å². The number of allylic oxidation sites excluding steroid dienone is 26. The second-order valence-electron chi connectivity index (χ2n) is 24.9. The highest BCUT2D eigenvalue weighted by molar-refractivity contribution is 7.47. The van der Waals surface area contributed by atoms with Crippen molar-refractivity contribution in [3.63, 3.8) is 0 Å². The molecule has 0 fully saturated rings. The zero-order chi connectivity index (χ0) is 65.5. The summed E-state index contributed by atoms with van der Waals surface area (Å²) < 4.78 is 34.7. The normalized spacial score (nSPS) is 14.1. The minimum atomic E-state index is -4.41. The van der Waals surface area contributed by atoms with E-state index in [0.29, 0.717) is 17.4 Å². The molecule has 0 aromatic carbocycles. The van der Waals surface area contributed by atoms with Crippen LogP contribution in [0.25, 0.3) is 0 Å². The predicted molar refractivity (Wildman–Crippen MR) is 390 cm³/mol. The fourth-order valence-corrected chi connectivity index (χ4v) is 10.3. The maximum atomic E-state index is 12.9. The van der Waals surface area contributed by atoms with Crippen LogP contribution in [0.2, 0.25) is 0 Å². The van der Waals surface area contributed by atoms with E-state index in [2.05, 4.69) is 172 Å². The lowest BCUT2D eigenvalue weighted by Crippen LogP contribution is -2.37. The maximum Gasteiger partial charge on any atom is 0.472 e. The number of unbranched alkanes of at least 4 members (excludes halogenated alkanes) is 25. The molecule has 0 aliphatic heterocycles. The standard InChI is InChI=1S/C80H134NO8P/c1-6-8-10-12-14-16-18-20-22-24-26-28-30-32-34-36-38-40-42-44-46-48-50-52-54-56-58-60-62-64-66-68-70-72-79(82)86-76-78(77-88-90(84,85)87-75-74-81(3,4)5)89-80(83)73-71-69-67-65-63-61-59-57-55-53-51-49-47-45-43-41-39-37-35-33-31-29-27-25-23-21-19-17-15-13-11-9-7-2/h8-11,14-17,20-23,26-29,33,35,39,41,45,47,51,53,57,59,78H,6-7,12-13,18-19,24-25,30-32,34,36-38,40,42-44,46,48-50,52,54-56,58,60-77H2,1-5H3/p+1/b10-8-,11-9-,16-14-,17-15-,22-20-,23-21-,28-26-,29-27-,35-33-,41-39-,47-45-,53-51-,59-57-.